The van der Waals surface area contributed by atoms with Crippen molar-refractivity contribution in [3.63, 3.8) is 0 Å². The number of benzene rings is 3. The molecule has 0 bridgehead atoms. The first-order chi connectivity index (χ1) is 14.6. The summed E-state index contributed by atoms with van der Waals surface area (Å²) in [4.78, 5) is 19.7. The fraction of sp³-hybridized carbons (Fsp3) is 0.200. The number of para-hydroxylation sites is 1. The van der Waals surface area contributed by atoms with Gasteiger partial charge >= 0.3 is 0 Å². The SMILES string of the molecule is C[C@@H](c1nc2ccccc2s1)N(C)CC(=O)NC(c1ccccc1)c1ccccc1. The number of carbonyl (C=O) groups excluding carboxylic acids is 1. The van der Waals surface area contributed by atoms with Gasteiger partial charge in [-0.25, -0.2) is 4.98 Å². The molecule has 0 saturated carbocycles. The predicted molar refractivity (Wildman–Crippen MR) is 124 cm³/mol. The predicted octanol–water partition coefficient (Wildman–Crippen LogP) is 5.19. The van der Waals surface area contributed by atoms with Crippen LogP contribution in [0.3, 0.4) is 0 Å². The normalized spacial score (nSPS) is 12.4. The Morgan fingerprint density at radius 2 is 1.50 bits per heavy atom. The lowest BCUT2D eigenvalue weighted by Crippen LogP contribution is -2.38. The fourth-order valence-electron chi connectivity index (χ4n) is 3.48. The van der Waals surface area contributed by atoms with E-state index >= 15 is 0 Å². The number of carbonyl (C=O) groups is 1. The van der Waals surface area contributed by atoms with E-state index in [0.717, 1.165) is 21.7 Å². The first kappa shape index (κ1) is 20.3. The Morgan fingerprint density at radius 1 is 0.933 bits per heavy atom. The van der Waals surface area contributed by atoms with Crippen LogP contribution in [0.25, 0.3) is 10.2 Å². The minimum Gasteiger partial charge on any atom is -0.344 e. The summed E-state index contributed by atoms with van der Waals surface area (Å²) >= 11 is 1.68. The van der Waals surface area contributed by atoms with Crippen LogP contribution in [0.15, 0.2) is 84.9 Å². The average molecular weight is 416 g/mol. The maximum Gasteiger partial charge on any atom is 0.234 e. The summed E-state index contributed by atoms with van der Waals surface area (Å²) in [5.41, 5.74) is 3.15. The Kier molecular flexibility index (Phi) is 6.21. The van der Waals surface area contributed by atoms with Crippen molar-refractivity contribution in [3.8, 4) is 0 Å². The summed E-state index contributed by atoms with van der Waals surface area (Å²) in [7, 11) is 1.97. The van der Waals surface area contributed by atoms with E-state index in [1.165, 1.54) is 4.70 Å². The quantitative estimate of drug-likeness (QED) is 0.451. The second-order valence-electron chi connectivity index (χ2n) is 7.43. The molecular weight excluding hydrogens is 390 g/mol. The average Bonchev–Trinajstić information content (AvgIpc) is 3.22. The molecule has 0 aliphatic carbocycles. The third-order valence-electron chi connectivity index (χ3n) is 5.29. The molecule has 1 aromatic heterocycles. The second-order valence-corrected chi connectivity index (χ2v) is 8.50. The van der Waals surface area contributed by atoms with Gasteiger partial charge in [0.05, 0.1) is 28.8 Å². The van der Waals surface area contributed by atoms with Gasteiger partial charge in [-0.2, -0.15) is 0 Å². The van der Waals surface area contributed by atoms with Crippen LogP contribution in [0.4, 0.5) is 0 Å². The maximum atomic E-state index is 12.9. The number of fused-ring (bicyclic) bond motifs is 1. The molecule has 0 unspecified atom stereocenters. The molecule has 1 heterocycles. The van der Waals surface area contributed by atoms with Crippen molar-refractivity contribution in [2.24, 2.45) is 0 Å². The largest absolute Gasteiger partial charge is 0.344 e. The summed E-state index contributed by atoms with van der Waals surface area (Å²) in [6.45, 7) is 2.39. The number of amides is 1. The summed E-state index contributed by atoms with van der Waals surface area (Å²) < 4.78 is 1.17. The zero-order valence-corrected chi connectivity index (χ0v) is 18.0. The van der Waals surface area contributed by atoms with Crippen LogP contribution in [-0.2, 0) is 4.79 Å². The zero-order valence-electron chi connectivity index (χ0n) is 17.2. The number of likely N-dealkylation sites (N-methyl/N-ethyl adjacent to an activating group) is 1. The lowest BCUT2D eigenvalue weighted by Gasteiger charge is -2.25. The van der Waals surface area contributed by atoms with Gasteiger partial charge in [0.25, 0.3) is 0 Å². The molecule has 0 saturated heterocycles. The maximum absolute atomic E-state index is 12.9. The van der Waals surface area contributed by atoms with Crippen molar-refractivity contribution in [2.75, 3.05) is 13.6 Å². The molecule has 0 aliphatic rings. The summed E-state index contributed by atoms with van der Waals surface area (Å²) in [5.74, 6) is -0.0110. The standard InChI is InChI=1S/C25H25N3OS/c1-18(25-26-21-15-9-10-16-22(21)30-25)28(2)17-23(29)27-24(19-11-5-3-6-12-19)20-13-7-4-8-14-20/h3-16,18,24H,17H2,1-2H3,(H,27,29)/t18-/m0/s1. The first-order valence-electron chi connectivity index (χ1n) is 10.1. The topological polar surface area (TPSA) is 45.2 Å². The van der Waals surface area contributed by atoms with Gasteiger partial charge in [-0.3, -0.25) is 9.69 Å². The molecule has 4 aromatic rings. The molecule has 1 amide bonds. The van der Waals surface area contributed by atoms with Gasteiger partial charge in [0.1, 0.15) is 5.01 Å². The third kappa shape index (κ3) is 4.58. The van der Waals surface area contributed by atoms with E-state index in [1.54, 1.807) is 11.3 Å². The zero-order chi connectivity index (χ0) is 20.9. The number of rotatable bonds is 7. The lowest BCUT2D eigenvalue weighted by molar-refractivity contribution is -0.122. The molecule has 152 valence electrons. The number of nitrogens with one attached hydrogen (secondary N) is 1. The molecule has 1 atom stereocenters. The van der Waals surface area contributed by atoms with Crippen molar-refractivity contribution in [2.45, 2.75) is 19.0 Å². The third-order valence-corrected chi connectivity index (χ3v) is 6.50. The minimum atomic E-state index is -0.175. The Morgan fingerprint density at radius 3 is 2.10 bits per heavy atom. The molecule has 0 fully saturated rings. The molecule has 4 nitrogen and oxygen atoms in total. The molecule has 0 spiro atoms. The van der Waals surface area contributed by atoms with E-state index in [4.69, 9.17) is 4.98 Å². The van der Waals surface area contributed by atoms with Crippen LogP contribution >= 0.6 is 11.3 Å². The number of thiazole rings is 1. The molecular formula is C25H25N3OS. The molecule has 3 aromatic carbocycles. The lowest BCUT2D eigenvalue weighted by atomic mass is 9.99. The van der Waals surface area contributed by atoms with Crippen LogP contribution < -0.4 is 5.32 Å². The number of hydrogen-bond acceptors (Lipinski definition) is 4. The van der Waals surface area contributed by atoms with Crippen molar-refractivity contribution < 1.29 is 4.79 Å². The van der Waals surface area contributed by atoms with Crippen molar-refractivity contribution in [3.05, 3.63) is 101 Å². The van der Waals surface area contributed by atoms with Gasteiger partial charge in [-0.1, -0.05) is 72.8 Å². The van der Waals surface area contributed by atoms with Gasteiger partial charge in [-0.05, 0) is 37.2 Å². The van der Waals surface area contributed by atoms with Crippen LogP contribution in [0.1, 0.15) is 35.1 Å². The van der Waals surface area contributed by atoms with E-state index < -0.39 is 0 Å². The summed E-state index contributed by atoms with van der Waals surface area (Å²) in [6, 6.07) is 28.2. The van der Waals surface area contributed by atoms with E-state index in [-0.39, 0.29) is 18.0 Å². The highest BCUT2D eigenvalue weighted by Crippen LogP contribution is 2.29. The second kappa shape index (κ2) is 9.20. The molecule has 5 heteroatoms. The number of hydrogen-bond donors (Lipinski definition) is 1. The van der Waals surface area contributed by atoms with E-state index in [1.807, 2.05) is 90.8 Å². The van der Waals surface area contributed by atoms with E-state index in [0.29, 0.717) is 6.54 Å². The molecule has 0 aliphatic heterocycles. The van der Waals surface area contributed by atoms with E-state index in [2.05, 4.69) is 18.3 Å². The Bertz CT molecular complexity index is 1040. The molecule has 30 heavy (non-hydrogen) atoms. The van der Waals surface area contributed by atoms with Crippen LogP contribution in [-0.4, -0.2) is 29.4 Å². The highest BCUT2D eigenvalue weighted by atomic mass is 32.1. The van der Waals surface area contributed by atoms with Crippen molar-refractivity contribution in [1.82, 2.24) is 15.2 Å². The Hall–Kier alpha value is -3.02. The van der Waals surface area contributed by atoms with E-state index in [9.17, 15) is 4.79 Å². The fourth-order valence-corrected chi connectivity index (χ4v) is 4.56. The van der Waals surface area contributed by atoms with Crippen molar-refractivity contribution >= 4 is 27.5 Å². The Labute approximate surface area is 181 Å². The number of nitrogens with zero attached hydrogens (tertiary/aromatic N) is 2. The summed E-state index contributed by atoms with van der Waals surface area (Å²) in [6.07, 6.45) is 0. The summed E-state index contributed by atoms with van der Waals surface area (Å²) in [5, 5.41) is 4.24. The Balaban J connectivity index is 1.47. The van der Waals surface area contributed by atoms with Gasteiger partial charge < -0.3 is 5.32 Å². The highest BCUT2D eigenvalue weighted by molar-refractivity contribution is 7.18. The monoisotopic (exact) mass is 415 g/mol. The molecule has 4 rings (SSSR count). The van der Waals surface area contributed by atoms with Gasteiger partial charge in [-0.15, -0.1) is 11.3 Å². The first-order valence-corrected chi connectivity index (χ1v) is 10.9. The number of aromatic nitrogens is 1. The van der Waals surface area contributed by atoms with Gasteiger partial charge in [0.15, 0.2) is 0 Å². The molecule has 1 N–H and O–H groups in total. The van der Waals surface area contributed by atoms with Gasteiger partial charge in [0, 0.05) is 0 Å². The van der Waals surface area contributed by atoms with Crippen molar-refractivity contribution in [1.29, 1.82) is 0 Å². The highest BCUT2D eigenvalue weighted by Gasteiger charge is 2.21. The molecule has 0 radical (unpaired) electrons. The van der Waals surface area contributed by atoms with Crippen LogP contribution in [0.2, 0.25) is 0 Å². The minimum absolute atomic E-state index is 0.0110. The smallest absolute Gasteiger partial charge is 0.234 e. The van der Waals surface area contributed by atoms with Crippen LogP contribution in [0, 0.1) is 0 Å². The van der Waals surface area contributed by atoms with Gasteiger partial charge in [0.2, 0.25) is 5.91 Å². The van der Waals surface area contributed by atoms with Crippen LogP contribution in [0.5, 0.6) is 0 Å².